The van der Waals surface area contributed by atoms with Gasteiger partial charge in [0.15, 0.2) is 0 Å². The summed E-state index contributed by atoms with van der Waals surface area (Å²) in [6.45, 7) is 8.27. The Hall–Kier alpha value is -1.77. The van der Waals surface area contributed by atoms with Gasteiger partial charge >= 0.3 is 5.97 Å². The maximum Gasteiger partial charge on any atom is 0.336 e. The van der Waals surface area contributed by atoms with Gasteiger partial charge in [-0.1, -0.05) is 13.3 Å². The van der Waals surface area contributed by atoms with E-state index in [1.54, 1.807) is 0 Å². The summed E-state index contributed by atoms with van der Waals surface area (Å²) in [4.78, 5) is 11.3. The molecule has 19 heavy (non-hydrogen) atoms. The second-order valence-corrected chi connectivity index (χ2v) is 5.39. The van der Waals surface area contributed by atoms with Crippen LogP contribution in [0.3, 0.4) is 0 Å². The van der Waals surface area contributed by atoms with E-state index in [1.807, 2.05) is 19.1 Å². The van der Waals surface area contributed by atoms with Crippen molar-refractivity contribution in [2.24, 2.45) is 0 Å². The largest absolute Gasteiger partial charge is 0.478 e. The number of aromatic nitrogens is 1. The molecule has 0 spiro atoms. The Morgan fingerprint density at radius 2 is 2.05 bits per heavy atom. The first-order valence-corrected chi connectivity index (χ1v) is 6.83. The molecule has 1 aromatic carbocycles. The van der Waals surface area contributed by atoms with Crippen LogP contribution in [0.4, 0.5) is 0 Å². The van der Waals surface area contributed by atoms with Gasteiger partial charge in [0.2, 0.25) is 0 Å². The summed E-state index contributed by atoms with van der Waals surface area (Å²) < 4.78 is 2.17. The summed E-state index contributed by atoms with van der Waals surface area (Å²) in [6.07, 6.45) is 4.29. The molecule has 0 amide bonds. The zero-order chi connectivity index (χ0) is 14.2. The summed E-state index contributed by atoms with van der Waals surface area (Å²) in [5.74, 6) is -0.854. The van der Waals surface area contributed by atoms with Crippen molar-refractivity contribution in [3.8, 4) is 0 Å². The van der Waals surface area contributed by atoms with Crippen LogP contribution < -0.4 is 0 Å². The molecule has 0 fully saturated rings. The SMILES string of the molecule is CCCc1cn(C(C)C)c2cc(C(=O)O)c(C)cc12. The first kappa shape index (κ1) is 13.7. The Labute approximate surface area is 113 Å². The van der Waals surface area contributed by atoms with Crippen LogP contribution >= 0.6 is 0 Å². The number of hydrogen-bond acceptors (Lipinski definition) is 1. The van der Waals surface area contributed by atoms with E-state index in [0.29, 0.717) is 11.6 Å². The van der Waals surface area contributed by atoms with Crippen molar-refractivity contribution in [1.29, 1.82) is 0 Å². The Bertz CT molecular complexity index is 623. The quantitative estimate of drug-likeness (QED) is 0.895. The van der Waals surface area contributed by atoms with E-state index in [1.165, 1.54) is 10.9 Å². The molecule has 0 aliphatic heterocycles. The van der Waals surface area contributed by atoms with Crippen LogP contribution in [-0.2, 0) is 6.42 Å². The lowest BCUT2D eigenvalue weighted by atomic mass is 10.0. The Morgan fingerprint density at radius 3 is 2.58 bits per heavy atom. The van der Waals surface area contributed by atoms with E-state index >= 15 is 0 Å². The Kier molecular flexibility index (Phi) is 3.65. The number of carboxylic acids is 1. The summed E-state index contributed by atoms with van der Waals surface area (Å²) >= 11 is 0. The average molecular weight is 259 g/mol. The van der Waals surface area contributed by atoms with Crippen molar-refractivity contribution >= 4 is 16.9 Å². The zero-order valence-corrected chi connectivity index (χ0v) is 12.0. The lowest BCUT2D eigenvalue weighted by Crippen LogP contribution is -2.02. The van der Waals surface area contributed by atoms with E-state index in [4.69, 9.17) is 0 Å². The molecule has 2 rings (SSSR count). The molecule has 0 radical (unpaired) electrons. The fourth-order valence-corrected chi connectivity index (χ4v) is 2.60. The predicted octanol–water partition coefficient (Wildman–Crippen LogP) is 4.18. The fraction of sp³-hybridized carbons (Fsp3) is 0.438. The number of aromatic carboxylic acids is 1. The molecule has 1 N–H and O–H groups in total. The van der Waals surface area contributed by atoms with Crippen LogP contribution in [0.5, 0.6) is 0 Å². The van der Waals surface area contributed by atoms with Gasteiger partial charge in [-0.3, -0.25) is 0 Å². The van der Waals surface area contributed by atoms with E-state index in [-0.39, 0.29) is 0 Å². The number of benzene rings is 1. The number of fused-ring (bicyclic) bond motifs is 1. The van der Waals surface area contributed by atoms with Gasteiger partial charge in [0.1, 0.15) is 0 Å². The number of nitrogens with zero attached hydrogens (tertiary/aromatic N) is 1. The second-order valence-electron chi connectivity index (χ2n) is 5.39. The van der Waals surface area contributed by atoms with Crippen LogP contribution in [0, 0.1) is 6.92 Å². The van der Waals surface area contributed by atoms with Gasteiger partial charge < -0.3 is 9.67 Å². The molecule has 0 aliphatic rings. The molecular weight excluding hydrogens is 238 g/mol. The fourth-order valence-electron chi connectivity index (χ4n) is 2.60. The molecule has 0 unspecified atom stereocenters. The summed E-state index contributed by atoms with van der Waals surface area (Å²) in [6, 6.07) is 4.16. The van der Waals surface area contributed by atoms with E-state index in [0.717, 1.165) is 23.9 Å². The van der Waals surface area contributed by atoms with Crippen molar-refractivity contribution in [2.75, 3.05) is 0 Å². The second kappa shape index (κ2) is 5.08. The number of carboxylic acid groups (broad SMARTS) is 1. The van der Waals surface area contributed by atoms with Crippen molar-refractivity contribution in [3.63, 3.8) is 0 Å². The standard InChI is InChI=1S/C16H21NO2/c1-5-6-12-9-17(10(2)3)15-8-13(16(18)19)11(4)7-14(12)15/h7-10H,5-6H2,1-4H3,(H,18,19). The molecule has 2 aromatic rings. The minimum atomic E-state index is -0.854. The molecular formula is C16H21NO2. The summed E-state index contributed by atoms with van der Waals surface area (Å²) in [7, 11) is 0. The van der Waals surface area contributed by atoms with Crippen molar-refractivity contribution < 1.29 is 9.90 Å². The van der Waals surface area contributed by atoms with E-state index < -0.39 is 5.97 Å². The maximum atomic E-state index is 11.3. The smallest absolute Gasteiger partial charge is 0.336 e. The van der Waals surface area contributed by atoms with Gasteiger partial charge in [-0.2, -0.15) is 0 Å². The highest BCUT2D eigenvalue weighted by Crippen LogP contribution is 2.28. The van der Waals surface area contributed by atoms with Gasteiger partial charge in [-0.25, -0.2) is 4.79 Å². The third-order valence-electron chi connectivity index (χ3n) is 3.57. The first-order chi connectivity index (χ1) is 8.95. The van der Waals surface area contributed by atoms with Gasteiger partial charge in [-0.15, -0.1) is 0 Å². The number of hydrogen-bond donors (Lipinski definition) is 1. The lowest BCUT2D eigenvalue weighted by Gasteiger charge is -2.10. The summed E-state index contributed by atoms with van der Waals surface area (Å²) in [5, 5.41) is 10.4. The topological polar surface area (TPSA) is 42.2 Å². The van der Waals surface area contributed by atoms with E-state index in [9.17, 15) is 9.90 Å². The third-order valence-corrected chi connectivity index (χ3v) is 3.57. The van der Waals surface area contributed by atoms with E-state index in [2.05, 4.69) is 31.5 Å². The molecule has 0 saturated carbocycles. The number of carbonyl (C=O) groups is 1. The monoisotopic (exact) mass is 259 g/mol. The summed E-state index contributed by atoms with van der Waals surface area (Å²) in [5.41, 5.74) is 3.57. The molecule has 1 aromatic heterocycles. The number of aryl methyl sites for hydroxylation is 2. The Balaban J connectivity index is 2.75. The van der Waals surface area contributed by atoms with Crippen LogP contribution in [0.25, 0.3) is 10.9 Å². The van der Waals surface area contributed by atoms with Gasteiger partial charge in [0, 0.05) is 23.1 Å². The third kappa shape index (κ3) is 2.37. The average Bonchev–Trinajstić information content (AvgIpc) is 2.67. The minimum absolute atomic E-state index is 0.331. The van der Waals surface area contributed by atoms with Gasteiger partial charge in [-0.05, 0) is 50.5 Å². The molecule has 0 atom stereocenters. The minimum Gasteiger partial charge on any atom is -0.478 e. The first-order valence-electron chi connectivity index (χ1n) is 6.83. The van der Waals surface area contributed by atoms with Crippen LogP contribution in [0.1, 0.15) is 54.7 Å². The molecule has 1 heterocycles. The maximum absolute atomic E-state index is 11.3. The lowest BCUT2D eigenvalue weighted by molar-refractivity contribution is 0.0696. The van der Waals surface area contributed by atoms with Crippen molar-refractivity contribution in [2.45, 2.75) is 46.6 Å². The van der Waals surface area contributed by atoms with Gasteiger partial charge in [0.05, 0.1) is 5.56 Å². The molecule has 0 saturated heterocycles. The molecule has 0 bridgehead atoms. The molecule has 0 aliphatic carbocycles. The zero-order valence-electron chi connectivity index (χ0n) is 12.0. The normalized spacial score (nSPS) is 11.4. The molecule has 102 valence electrons. The Morgan fingerprint density at radius 1 is 1.37 bits per heavy atom. The molecule has 3 nitrogen and oxygen atoms in total. The van der Waals surface area contributed by atoms with Crippen LogP contribution in [0.15, 0.2) is 18.3 Å². The highest BCUT2D eigenvalue weighted by atomic mass is 16.4. The molecule has 3 heteroatoms. The van der Waals surface area contributed by atoms with Crippen LogP contribution in [-0.4, -0.2) is 15.6 Å². The highest BCUT2D eigenvalue weighted by molar-refractivity contribution is 5.96. The van der Waals surface area contributed by atoms with Crippen molar-refractivity contribution in [3.05, 3.63) is 35.0 Å². The van der Waals surface area contributed by atoms with Gasteiger partial charge in [0.25, 0.3) is 0 Å². The number of rotatable bonds is 4. The predicted molar refractivity (Wildman–Crippen MR) is 78.0 cm³/mol. The van der Waals surface area contributed by atoms with Crippen LogP contribution in [0.2, 0.25) is 0 Å². The highest BCUT2D eigenvalue weighted by Gasteiger charge is 2.15. The van der Waals surface area contributed by atoms with Crippen molar-refractivity contribution in [1.82, 2.24) is 4.57 Å².